The number of hydrogen-bond acceptors (Lipinski definition) is 4. The summed E-state index contributed by atoms with van der Waals surface area (Å²) in [6.07, 6.45) is 2.76. The van der Waals surface area contributed by atoms with E-state index in [9.17, 15) is 4.79 Å². The molecule has 0 atom stereocenters. The van der Waals surface area contributed by atoms with Gasteiger partial charge in [0.25, 0.3) is 5.78 Å². The van der Waals surface area contributed by atoms with E-state index in [-0.39, 0.29) is 0 Å². The van der Waals surface area contributed by atoms with Crippen molar-refractivity contribution in [2.45, 2.75) is 0 Å². The van der Waals surface area contributed by atoms with Gasteiger partial charge in [0.1, 0.15) is 6.07 Å². The highest BCUT2D eigenvalue weighted by molar-refractivity contribution is 6.04. The zero-order valence-corrected chi connectivity index (χ0v) is 9.06. The molecular weight excluding hydrogens is 206 g/mol. The summed E-state index contributed by atoms with van der Waals surface area (Å²) in [4.78, 5) is 10.8. The summed E-state index contributed by atoms with van der Waals surface area (Å²) in [5.41, 5.74) is 0.765. The van der Waals surface area contributed by atoms with Crippen molar-refractivity contribution in [3.63, 3.8) is 0 Å². The Morgan fingerprint density at radius 1 is 1.31 bits per heavy atom. The predicted octanol–water partition coefficient (Wildman–Crippen LogP) is 1.81. The van der Waals surface area contributed by atoms with Crippen LogP contribution in [0.1, 0.15) is 5.56 Å². The van der Waals surface area contributed by atoms with Gasteiger partial charge in [0.15, 0.2) is 11.5 Å². The fraction of sp³-hybridized carbons (Fsp3) is 0.167. The molecule has 16 heavy (non-hydrogen) atoms. The highest BCUT2D eigenvalue weighted by Gasteiger charge is 2.02. The molecule has 1 rings (SSSR count). The van der Waals surface area contributed by atoms with Crippen molar-refractivity contribution in [2.75, 3.05) is 14.2 Å². The summed E-state index contributed by atoms with van der Waals surface area (Å²) in [6.45, 7) is 0. The highest BCUT2D eigenvalue weighted by Crippen LogP contribution is 2.27. The summed E-state index contributed by atoms with van der Waals surface area (Å²) in [5.74, 6) is 0.607. The van der Waals surface area contributed by atoms with Crippen LogP contribution in [-0.4, -0.2) is 20.0 Å². The molecule has 1 aromatic carbocycles. The minimum atomic E-state index is -0.588. The number of carbonyl (C=O) groups is 1. The largest absolute Gasteiger partial charge is 0.493 e. The molecule has 0 aromatic heterocycles. The van der Waals surface area contributed by atoms with E-state index < -0.39 is 5.78 Å². The normalized spacial score (nSPS) is 9.81. The summed E-state index contributed by atoms with van der Waals surface area (Å²) < 4.78 is 10.2. The second-order valence-electron chi connectivity index (χ2n) is 2.92. The zero-order valence-electron chi connectivity index (χ0n) is 9.06. The average molecular weight is 217 g/mol. The standard InChI is InChI=1S/C12H11NO3/c1-15-11-6-4-9(7-12(11)16-2)3-5-10(14)8-13/h3-7H,1-2H3. The lowest BCUT2D eigenvalue weighted by Crippen LogP contribution is -1.90. The van der Waals surface area contributed by atoms with Crippen LogP contribution in [0.5, 0.6) is 11.5 Å². The second kappa shape index (κ2) is 5.56. The van der Waals surface area contributed by atoms with Crippen LogP contribution in [0.3, 0.4) is 0 Å². The lowest BCUT2D eigenvalue weighted by molar-refractivity contribution is -0.109. The maximum Gasteiger partial charge on any atom is 0.255 e. The van der Waals surface area contributed by atoms with Crippen LogP contribution in [0.15, 0.2) is 24.3 Å². The number of ether oxygens (including phenoxy) is 2. The summed E-state index contributed by atoms with van der Waals surface area (Å²) in [6, 6.07) is 6.72. The maximum absolute atomic E-state index is 10.8. The Morgan fingerprint density at radius 3 is 2.56 bits per heavy atom. The number of benzene rings is 1. The molecule has 0 aliphatic heterocycles. The monoisotopic (exact) mass is 217 g/mol. The van der Waals surface area contributed by atoms with Gasteiger partial charge in [0, 0.05) is 0 Å². The van der Waals surface area contributed by atoms with Gasteiger partial charge in [-0.2, -0.15) is 5.26 Å². The van der Waals surface area contributed by atoms with E-state index in [1.54, 1.807) is 31.4 Å². The molecular formula is C12H11NO3. The summed E-state index contributed by atoms with van der Waals surface area (Å²) in [5, 5.41) is 8.30. The molecule has 82 valence electrons. The Kier molecular flexibility index (Phi) is 4.10. The number of carbonyl (C=O) groups excluding carboxylic acids is 1. The van der Waals surface area contributed by atoms with Gasteiger partial charge in [-0.15, -0.1) is 0 Å². The van der Waals surface area contributed by atoms with Gasteiger partial charge in [-0.1, -0.05) is 12.1 Å². The molecule has 0 fully saturated rings. The van der Waals surface area contributed by atoms with E-state index in [1.165, 1.54) is 19.3 Å². The Hall–Kier alpha value is -2.28. The molecule has 4 heteroatoms. The zero-order chi connectivity index (χ0) is 12.0. The molecule has 0 saturated heterocycles. The van der Waals surface area contributed by atoms with Crippen LogP contribution < -0.4 is 9.47 Å². The number of hydrogen-bond donors (Lipinski definition) is 0. The van der Waals surface area contributed by atoms with Crippen LogP contribution in [0, 0.1) is 11.3 Å². The predicted molar refractivity (Wildman–Crippen MR) is 59.2 cm³/mol. The first-order valence-electron chi connectivity index (χ1n) is 4.55. The van der Waals surface area contributed by atoms with Gasteiger partial charge in [-0.25, -0.2) is 0 Å². The number of methoxy groups -OCH3 is 2. The van der Waals surface area contributed by atoms with Gasteiger partial charge in [-0.05, 0) is 23.8 Å². The van der Waals surface area contributed by atoms with Crippen molar-refractivity contribution in [2.24, 2.45) is 0 Å². The first-order chi connectivity index (χ1) is 7.71. The summed E-state index contributed by atoms with van der Waals surface area (Å²) >= 11 is 0. The fourth-order valence-corrected chi connectivity index (χ4v) is 1.17. The van der Waals surface area contributed by atoms with Gasteiger partial charge in [-0.3, -0.25) is 4.79 Å². The Bertz CT molecular complexity index is 458. The Balaban J connectivity index is 2.96. The minimum Gasteiger partial charge on any atom is -0.493 e. The van der Waals surface area contributed by atoms with Crippen LogP contribution >= 0.6 is 0 Å². The van der Waals surface area contributed by atoms with Crippen LogP contribution in [-0.2, 0) is 4.79 Å². The fourth-order valence-electron chi connectivity index (χ4n) is 1.17. The van der Waals surface area contributed by atoms with E-state index in [0.717, 1.165) is 5.56 Å². The van der Waals surface area contributed by atoms with E-state index in [2.05, 4.69) is 0 Å². The van der Waals surface area contributed by atoms with Crippen LogP contribution in [0.25, 0.3) is 6.08 Å². The van der Waals surface area contributed by atoms with Crippen molar-refractivity contribution < 1.29 is 14.3 Å². The lowest BCUT2D eigenvalue weighted by atomic mass is 10.1. The average Bonchev–Trinajstić information content (AvgIpc) is 2.35. The Labute approximate surface area is 93.7 Å². The number of ketones is 1. The number of nitriles is 1. The Morgan fingerprint density at radius 2 is 2.00 bits per heavy atom. The minimum absolute atomic E-state index is 0.578. The maximum atomic E-state index is 10.8. The second-order valence-corrected chi connectivity index (χ2v) is 2.92. The molecule has 0 saturated carbocycles. The molecule has 0 heterocycles. The van der Waals surface area contributed by atoms with Gasteiger partial charge >= 0.3 is 0 Å². The molecule has 0 aliphatic rings. The molecule has 0 radical (unpaired) electrons. The molecule has 0 spiro atoms. The van der Waals surface area contributed by atoms with Crippen LogP contribution in [0.2, 0.25) is 0 Å². The molecule has 1 aromatic rings. The van der Waals surface area contributed by atoms with Gasteiger partial charge in [0.05, 0.1) is 14.2 Å². The van der Waals surface area contributed by atoms with Crippen molar-refractivity contribution in [3.8, 4) is 17.6 Å². The SMILES string of the molecule is COc1ccc(C=CC(=O)C#N)cc1OC. The van der Waals surface area contributed by atoms with E-state index in [1.807, 2.05) is 0 Å². The van der Waals surface area contributed by atoms with Crippen molar-refractivity contribution in [3.05, 3.63) is 29.8 Å². The summed E-state index contributed by atoms with van der Waals surface area (Å²) in [7, 11) is 3.08. The first kappa shape index (κ1) is 11.8. The molecule has 4 nitrogen and oxygen atoms in total. The van der Waals surface area contributed by atoms with Gasteiger partial charge in [0.2, 0.25) is 0 Å². The number of nitrogens with zero attached hydrogens (tertiary/aromatic N) is 1. The van der Waals surface area contributed by atoms with Crippen molar-refractivity contribution in [1.29, 1.82) is 5.26 Å². The lowest BCUT2D eigenvalue weighted by Gasteiger charge is -2.07. The third-order valence-corrected chi connectivity index (χ3v) is 1.94. The molecule has 0 N–H and O–H groups in total. The van der Waals surface area contributed by atoms with Crippen LogP contribution in [0.4, 0.5) is 0 Å². The van der Waals surface area contributed by atoms with E-state index >= 15 is 0 Å². The van der Waals surface area contributed by atoms with Crippen molar-refractivity contribution >= 4 is 11.9 Å². The molecule has 0 amide bonds. The van der Waals surface area contributed by atoms with Gasteiger partial charge < -0.3 is 9.47 Å². The highest BCUT2D eigenvalue weighted by atomic mass is 16.5. The molecule has 0 bridgehead atoms. The van der Waals surface area contributed by atoms with E-state index in [4.69, 9.17) is 14.7 Å². The smallest absolute Gasteiger partial charge is 0.255 e. The third-order valence-electron chi connectivity index (χ3n) is 1.94. The topological polar surface area (TPSA) is 59.3 Å². The quantitative estimate of drug-likeness (QED) is 0.570. The first-order valence-corrected chi connectivity index (χ1v) is 4.55. The molecule has 0 aliphatic carbocycles. The van der Waals surface area contributed by atoms with E-state index in [0.29, 0.717) is 11.5 Å². The number of rotatable bonds is 4. The molecule has 0 unspecified atom stereocenters. The number of allylic oxidation sites excluding steroid dienone is 1. The third kappa shape index (κ3) is 2.85. The van der Waals surface area contributed by atoms with Crippen molar-refractivity contribution in [1.82, 2.24) is 0 Å².